The fourth-order valence-electron chi connectivity index (χ4n) is 3.57. The lowest BCUT2D eigenvalue weighted by atomic mass is 10.1. The molecule has 1 aliphatic heterocycles. The van der Waals surface area contributed by atoms with Crippen molar-refractivity contribution in [3.05, 3.63) is 77.6 Å². The van der Waals surface area contributed by atoms with Crippen molar-refractivity contribution in [3.8, 4) is 0 Å². The first kappa shape index (κ1) is 18.8. The number of carbonyl (C=O) groups excluding carboxylic acids is 2. The Morgan fingerprint density at radius 1 is 1.00 bits per heavy atom. The summed E-state index contributed by atoms with van der Waals surface area (Å²) in [4.78, 5) is 38.2. The van der Waals surface area contributed by atoms with Crippen LogP contribution in [0.15, 0.2) is 54.9 Å². The minimum Gasteiger partial charge on any atom is -0.337 e. The summed E-state index contributed by atoms with van der Waals surface area (Å²) < 4.78 is 0. The van der Waals surface area contributed by atoms with Gasteiger partial charge in [-0.05, 0) is 37.6 Å². The van der Waals surface area contributed by atoms with E-state index in [0.717, 1.165) is 0 Å². The second-order valence-electron chi connectivity index (χ2n) is 6.98. The summed E-state index contributed by atoms with van der Waals surface area (Å²) in [5, 5.41) is 7.14. The number of nitrogens with one attached hydrogen (secondary N) is 1. The van der Waals surface area contributed by atoms with Crippen molar-refractivity contribution in [2.45, 2.75) is 19.4 Å². The van der Waals surface area contributed by atoms with E-state index in [2.05, 4.69) is 20.2 Å². The number of hydrogen-bond acceptors (Lipinski definition) is 5. The maximum atomic E-state index is 13.2. The third kappa shape index (κ3) is 4.01. The molecular weight excluding hydrogens is 368 g/mol. The smallest absolute Gasteiger partial charge is 0.256 e. The Hall–Kier alpha value is -3.55. The number of nitrogens with zero attached hydrogens (tertiary/aromatic N) is 5. The first-order chi connectivity index (χ1) is 14.1. The first-order valence-electron chi connectivity index (χ1n) is 9.57. The average molecular weight is 390 g/mol. The lowest BCUT2D eigenvalue weighted by molar-refractivity contribution is 0.0664. The van der Waals surface area contributed by atoms with E-state index < -0.39 is 0 Å². The van der Waals surface area contributed by atoms with Gasteiger partial charge in [-0.1, -0.05) is 18.2 Å². The van der Waals surface area contributed by atoms with Crippen molar-refractivity contribution in [2.24, 2.45) is 0 Å². The molecule has 0 radical (unpaired) electrons. The number of pyridine rings is 1. The van der Waals surface area contributed by atoms with Gasteiger partial charge in [0, 0.05) is 37.6 Å². The van der Waals surface area contributed by atoms with Gasteiger partial charge < -0.3 is 9.80 Å². The highest BCUT2D eigenvalue weighted by molar-refractivity contribution is 5.95. The minimum atomic E-state index is -0.318. The van der Waals surface area contributed by atoms with Crippen LogP contribution < -0.4 is 0 Å². The van der Waals surface area contributed by atoms with Gasteiger partial charge in [0.1, 0.15) is 5.82 Å². The van der Waals surface area contributed by atoms with E-state index in [1.807, 2.05) is 37.3 Å². The number of benzene rings is 1. The molecule has 0 bridgehead atoms. The van der Waals surface area contributed by atoms with E-state index in [1.165, 1.54) is 0 Å². The standard InChI is InChI=1S/C21H22N6O2/c1-15-23-19(25-24-15)18-9-11-26(20(28)16-6-3-2-4-7-16)12-13-27(18)21(29)17-8-5-10-22-14-17/h2-8,10,14,18H,9,11-13H2,1H3,(H,23,24,25). The van der Waals surface area contributed by atoms with Crippen LogP contribution in [0.3, 0.4) is 0 Å². The van der Waals surface area contributed by atoms with Crippen LogP contribution in [0.5, 0.6) is 0 Å². The summed E-state index contributed by atoms with van der Waals surface area (Å²) in [6, 6.07) is 12.4. The van der Waals surface area contributed by atoms with E-state index >= 15 is 0 Å². The molecule has 1 aliphatic rings. The molecule has 1 atom stereocenters. The third-order valence-corrected chi connectivity index (χ3v) is 5.05. The number of rotatable bonds is 3. The zero-order valence-corrected chi connectivity index (χ0v) is 16.2. The second kappa shape index (κ2) is 8.22. The maximum Gasteiger partial charge on any atom is 0.256 e. The summed E-state index contributed by atoms with van der Waals surface area (Å²) in [5.74, 6) is 1.08. The summed E-state index contributed by atoms with van der Waals surface area (Å²) in [5.41, 5.74) is 1.15. The van der Waals surface area contributed by atoms with Crippen molar-refractivity contribution in [2.75, 3.05) is 19.6 Å². The molecular formula is C21H22N6O2. The van der Waals surface area contributed by atoms with Crippen molar-refractivity contribution < 1.29 is 9.59 Å². The van der Waals surface area contributed by atoms with E-state index in [9.17, 15) is 9.59 Å². The van der Waals surface area contributed by atoms with E-state index in [-0.39, 0.29) is 17.9 Å². The van der Waals surface area contributed by atoms with E-state index in [0.29, 0.717) is 48.8 Å². The second-order valence-corrected chi connectivity index (χ2v) is 6.98. The molecule has 1 N–H and O–H groups in total. The molecule has 148 valence electrons. The topological polar surface area (TPSA) is 95.1 Å². The van der Waals surface area contributed by atoms with Crippen molar-refractivity contribution in [3.63, 3.8) is 0 Å². The van der Waals surface area contributed by atoms with Gasteiger partial charge in [0.05, 0.1) is 11.6 Å². The van der Waals surface area contributed by atoms with Crippen LogP contribution in [-0.2, 0) is 0 Å². The molecule has 0 saturated carbocycles. The molecule has 29 heavy (non-hydrogen) atoms. The quantitative estimate of drug-likeness (QED) is 0.740. The number of H-pyrrole nitrogens is 1. The Morgan fingerprint density at radius 3 is 2.48 bits per heavy atom. The fraction of sp³-hybridized carbons (Fsp3) is 0.286. The first-order valence-corrected chi connectivity index (χ1v) is 9.57. The van der Waals surface area contributed by atoms with Crippen molar-refractivity contribution in [1.82, 2.24) is 30.0 Å². The van der Waals surface area contributed by atoms with E-state index in [1.54, 1.807) is 34.3 Å². The summed E-state index contributed by atoms with van der Waals surface area (Å²) in [7, 11) is 0. The van der Waals surface area contributed by atoms with Crippen LogP contribution in [0.4, 0.5) is 0 Å². The van der Waals surface area contributed by atoms with Gasteiger partial charge in [-0.3, -0.25) is 19.7 Å². The van der Waals surface area contributed by atoms with Crippen LogP contribution >= 0.6 is 0 Å². The normalized spacial score (nSPS) is 17.1. The van der Waals surface area contributed by atoms with Gasteiger partial charge in [-0.2, -0.15) is 5.10 Å². The largest absolute Gasteiger partial charge is 0.337 e. The molecule has 0 spiro atoms. The predicted molar refractivity (Wildman–Crippen MR) is 106 cm³/mol. The highest BCUT2D eigenvalue weighted by Gasteiger charge is 2.33. The summed E-state index contributed by atoms with van der Waals surface area (Å²) in [6.45, 7) is 3.18. The Balaban J connectivity index is 1.61. The van der Waals surface area contributed by atoms with Gasteiger partial charge in [0.2, 0.25) is 0 Å². The van der Waals surface area contributed by atoms with Crippen LogP contribution in [0.25, 0.3) is 0 Å². The van der Waals surface area contributed by atoms with E-state index in [4.69, 9.17) is 0 Å². The minimum absolute atomic E-state index is 0.0359. The third-order valence-electron chi connectivity index (χ3n) is 5.05. The molecule has 2 aromatic heterocycles. The lowest BCUT2D eigenvalue weighted by Crippen LogP contribution is -2.38. The lowest BCUT2D eigenvalue weighted by Gasteiger charge is -2.27. The van der Waals surface area contributed by atoms with Crippen LogP contribution in [0.2, 0.25) is 0 Å². The molecule has 3 aromatic rings. The van der Waals surface area contributed by atoms with Crippen molar-refractivity contribution >= 4 is 11.8 Å². The molecule has 2 amide bonds. The number of aromatic nitrogens is 4. The molecule has 1 saturated heterocycles. The van der Waals surface area contributed by atoms with Gasteiger partial charge >= 0.3 is 0 Å². The van der Waals surface area contributed by atoms with Crippen LogP contribution in [0, 0.1) is 6.92 Å². The maximum absolute atomic E-state index is 13.2. The Kier molecular flexibility index (Phi) is 5.33. The zero-order chi connectivity index (χ0) is 20.2. The highest BCUT2D eigenvalue weighted by Crippen LogP contribution is 2.27. The van der Waals surface area contributed by atoms with Gasteiger partial charge in [0.15, 0.2) is 5.82 Å². The average Bonchev–Trinajstić information content (AvgIpc) is 3.07. The molecule has 1 unspecified atom stereocenters. The molecule has 0 aliphatic carbocycles. The number of carbonyl (C=O) groups is 2. The Labute approximate surface area is 168 Å². The number of aryl methyl sites for hydroxylation is 1. The molecule has 3 heterocycles. The van der Waals surface area contributed by atoms with Gasteiger partial charge in [0.25, 0.3) is 11.8 Å². The highest BCUT2D eigenvalue weighted by atomic mass is 16.2. The Bertz CT molecular complexity index is 989. The SMILES string of the molecule is Cc1nc(C2CCN(C(=O)c3ccccc3)CCN2C(=O)c2cccnc2)n[nH]1. The monoisotopic (exact) mass is 390 g/mol. The molecule has 8 nitrogen and oxygen atoms in total. The van der Waals surface area contributed by atoms with Crippen molar-refractivity contribution in [1.29, 1.82) is 0 Å². The van der Waals surface area contributed by atoms with Crippen LogP contribution in [-0.4, -0.2) is 61.4 Å². The zero-order valence-electron chi connectivity index (χ0n) is 16.2. The summed E-state index contributed by atoms with van der Waals surface area (Å²) in [6.07, 6.45) is 3.75. The Morgan fingerprint density at radius 2 is 1.79 bits per heavy atom. The van der Waals surface area contributed by atoms with Crippen LogP contribution in [0.1, 0.15) is 44.8 Å². The van der Waals surface area contributed by atoms with Gasteiger partial charge in [-0.15, -0.1) is 0 Å². The molecule has 1 fully saturated rings. The molecule has 1 aromatic carbocycles. The molecule has 8 heteroatoms. The number of amides is 2. The van der Waals surface area contributed by atoms with Gasteiger partial charge in [-0.25, -0.2) is 4.98 Å². The molecule has 4 rings (SSSR count). The fourth-order valence-corrected chi connectivity index (χ4v) is 3.57. The number of aromatic amines is 1. The predicted octanol–water partition coefficient (Wildman–Crippen LogP) is 2.24. The number of hydrogen-bond donors (Lipinski definition) is 1. The summed E-state index contributed by atoms with van der Waals surface area (Å²) >= 11 is 0.